The van der Waals surface area contributed by atoms with E-state index in [0.717, 1.165) is 12.0 Å². The molecular formula is C10H22Cl2N2. The Morgan fingerprint density at radius 1 is 1.14 bits per heavy atom. The van der Waals surface area contributed by atoms with Gasteiger partial charge in [-0.05, 0) is 51.4 Å². The van der Waals surface area contributed by atoms with E-state index in [2.05, 4.69) is 17.1 Å². The van der Waals surface area contributed by atoms with Gasteiger partial charge in [-0.25, -0.2) is 0 Å². The van der Waals surface area contributed by atoms with E-state index in [0.29, 0.717) is 0 Å². The molecule has 0 unspecified atom stereocenters. The molecule has 0 aromatic carbocycles. The van der Waals surface area contributed by atoms with Gasteiger partial charge in [0, 0.05) is 6.04 Å². The summed E-state index contributed by atoms with van der Waals surface area (Å²) < 4.78 is 0. The Hall–Kier alpha value is 0.500. The predicted octanol–water partition coefficient (Wildman–Crippen LogP) is 1.92. The van der Waals surface area contributed by atoms with Crippen LogP contribution in [0.1, 0.15) is 26.2 Å². The molecule has 0 aromatic heterocycles. The van der Waals surface area contributed by atoms with Crippen LogP contribution in [0.15, 0.2) is 0 Å². The third-order valence-corrected chi connectivity index (χ3v) is 3.35. The lowest BCUT2D eigenvalue weighted by molar-refractivity contribution is 0.148. The van der Waals surface area contributed by atoms with E-state index in [4.69, 9.17) is 0 Å². The van der Waals surface area contributed by atoms with E-state index < -0.39 is 0 Å². The van der Waals surface area contributed by atoms with E-state index in [1.54, 1.807) is 0 Å². The Kier molecular flexibility index (Phi) is 7.13. The summed E-state index contributed by atoms with van der Waals surface area (Å²) in [5.74, 6) is 0.858. The van der Waals surface area contributed by atoms with Crippen LogP contribution in [0.4, 0.5) is 0 Å². The van der Waals surface area contributed by atoms with Crippen molar-refractivity contribution in [2.45, 2.75) is 32.2 Å². The van der Waals surface area contributed by atoms with Crippen molar-refractivity contribution in [1.29, 1.82) is 0 Å². The van der Waals surface area contributed by atoms with Crippen LogP contribution >= 0.6 is 24.8 Å². The van der Waals surface area contributed by atoms with Crippen LogP contribution in [0.2, 0.25) is 0 Å². The second kappa shape index (κ2) is 6.89. The van der Waals surface area contributed by atoms with E-state index in [1.165, 1.54) is 45.4 Å². The second-order valence-corrected chi connectivity index (χ2v) is 4.28. The van der Waals surface area contributed by atoms with E-state index in [-0.39, 0.29) is 24.8 Å². The molecule has 0 radical (unpaired) electrons. The molecule has 0 bridgehead atoms. The minimum Gasteiger partial charge on any atom is -0.316 e. The zero-order chi connectivity index (χ0) is 8.39. The molecule has 2 aliphatic rings. The molecule has 2 aliphatic heterocycles. The monoisotopic (exact) mass is 240 g/mol. The highest BCUT2D eigenvalue weighted by Gasteiger charge is 2.28. The molecule has 2 nitrogen and oxygen atoms in total. The number of rotatable bonds is 1. The van der Waals surface area contributed by atoms with Crippen molar-refractivity contribution >= 4 is 24.8 Å². The minimum atomic E-state index is 0. The Bertz CT molecular complexity index is 149. The molecule has 14 heavy (non-hydrogen) atoms. The molecule has 2 saturated heterocycles. The molecule has 4 heteroatoms. The van der Waals surface area contributed by atoms with Crippen LogP contribution in [0.25, 0.3) is 0 Å². The van der Waals surface area contributed by atoms with Crippen molar-refractivity contribution in [3.05, 3.63) is 0 Å². The number of likely N-dealkylation sites (tertiary alicyclic amines) is 1. The van der Waals surface area contributed by atoms with Gasteiger partial charge in [-0.15, -0.1) is 24.8 Å². The van der Waals surface area contributed by atoms with E-state index in [1.807, 2.05) is 0 Å². The van der Waals surface area contributed by atoms with Gasteiger partial charge in [0.2, 0.25) is 0 Å². The largest absolute Gasteiger partial charge is 0.316 e. The molecule has 0 aromatic rings. The molecule has 86 valence electrons. The van der Waals surface area contributed by atoms with Crippen molar-refractivity contribution in [3.63, 3.8) is 0 Å². The summed E-state index contributed by atoms with van der Waals surface area (Å²) in [6.07, 6.45) is 4.22. The first-order valence-electron chi connectivity index (χ1n) is 5.32. The summed E-state index contributed by atoms with van der Waals surface area (Å²) in [6.45, 7) is 7.55. The molecule has 0 spiro atoms. The fraction of sp³-hybridized carbons (Fsp3) is 1.00. The van der Waals surface area contributed by atoms with Crippen molar-refractivity contribution in [1.82, 2.24) is 10.2 Å². The van der Waals surface area contributed by atoms with Crippen LogP contribution < -0.4 is 5.32 Å². The number of piperidine rings is 1. The highest BCUT2D eigenvalue weighted by Crippen LogP contribution is 2.21. The topological polar surface area (TPSA) is 15.3 Å². The zero-order valence-electron chi connectivity index (χ0n) is 8.87. The summed E-state index contributed by atoms with van der Waals surface area (Å²) in [5.41, 5.74) is 0. The van der Waals surface area contributed by atoms with E-state index >= 15 is 0 Å². The average molecular weight is 241 g/mol. The summed E-state index contributed by atoms with van der Waals surface area (Å²) in [6, 6.07) is 0.883. The standard InChI is InChI=1S/C10H20N2.2ClH/c1-9-8-11-5-4-10(9)12-6-2-3-7-12;;/h9-11H,2-8H2,1H3;2*1H/t9-,10-;;/m1../s1. The van der Waals surface area contributed by atoms with Crippen molar-refractivity contribution in [3.8, 4) is 0 Å². The van der Waals surface area contributed by atoms with Crippen LogP contribution in [0.5, 0.6) is 0 Å². The number of nitrogens with one attached hydrogen (secondary N) is 1. The average Bonchev–Trinajstić information content (AvgIpc) is 2.57. The highest BCUT2D eigenvalue weighted by atomic mass is 35.5. The van der Waals surface area contributed by atoms with Gasteiger partial charge < -0.3 is 10.2 Å². The normalized spacial score (nSPS) is 33.2. The smallest absolute Gasteiger partial charge is 0.0145 e. The molecule has 2 atom stereocenters. The van der Waals surface area contributed by atoms with Gasteiger partial charge in [-0.1, -0.05) is 6.92 Å². The van der Waals surface area contributed by atoms with Gasteiger partial charge in [-0.3, -0.25) is 0 Å². The third kappa shape index (κ3) is 3.27. The lowest BCUT2D eigenvalue weighted by Crippen LogP contribution is -2.47. The molecule has 2 fully saturated rings. The molecular weight excluding hydrogens is 219 g/mol. The Balaban J connectivity index is 0.000000845. The second-order valence-electron chi connectivity index (χ2n) is 4.28. The number of nitrogens with zero attached hydrogens (tertiary/aromatic N) is 1. The van der Waals surface area contributed by atoms with Crippen molar-refractivity contribution in [2.24, 2.45) is 5.92 Å². The minimum absolute atomic E-state index is 0. The molecule has 0 amide bonds. The Morgan fingerprint density at radius 2 is 1.79 bits per heavy atom. The first-order valence-corrected chi connectivity index (χ1v) is 5.32. The van der Waals surface area contributed by atoms with Gasteiger partial charge in [-0.2, -0.15) is 0 Å². The van der Waals surface area contributed by atoms with Crippen LogP contribution in [-0.2, 0) is 0 Å². The maximum Gasteiger partial charge on any atom is 0.0145 e. The lowest BCUT2D eigenvalue weighted by Gasteiger charge is -2.36. The van der Waals surface area contributed by atoms with E-state index in [9.17, 15) is 0 Å². The first kappa shape index (κ1) is 14.5. The summed E-state index contributed by atoms with van der Waals surface area (Å²) in [7, 11) is 0. The molecule has 1 N–H and O–H groups in total. The Morgan fingerprint density at radius 3 is 2.36 bits per heavy atom. The quantitative estimate of drug-likeness (QED) is 0.754. The molecule has 2 rings (SSSR count). The highest BCUT2D eigenvalue weighted by molar-refractivity contribution is 5.85. The number of hydrogen-bond donors (Lipinski definition) is 1. The number of hydrogen-bond acceptors (Lipinski definition) is 2. The van der Waals surface area contributed by atoms with Crippen LogP contribution in [0, 0.1) is 5.92 Å². The van der Waals surface area contributed by atoms with Crippen LogP contribution in [-0.4, -0.2) is 37.1 Å². The van der Waals surface area contributed by atoms with Gasteiger partial charge in [0.05, 0.1) is 0 Å². The Labute approximate surface area is 99.6 Å². The maximum atomic E-state index is 3.46. The summed E-state index contributed by atoms with van der Waals surface area (Å²) in [4.78, 5) is 2.70. The third-order valence-electron chi connectivity index (χ3n) is 3.35. The van der Waals surface area contributed by atoms with Crippen LogP contribution in [0.3, 0.4) is 0 Å². The van der Waals surface area contributed by atoms with Gasteiger partial charge in [0.1, 0.15) is 0 Å². The summed E-state index contributed by atoms with van der Waals surface area (Å²) >= 11 is 0. The zero-order valence-corrected chi connectivity index (χ0v) is 10.5. The van der Waals surface area contributed by atoms with Gasteiger partial charge in [0.15, 0.2) is 0 Å². The van der Waals surface area contributed by atoms with Gasteiger partial charge in [0.25, 0.3) is 0 Å². The predicted molar refractivity (Wildman–Crippen MR) is 65.7 cm³/mol. The summed E-state index contributed by atoms with van der Waals surface area (Å²) in [5, 5.41) is 3.46. The molecule has 0 saturated carbocycles. The molecule has 0 aliphatic carbocycles. The first-order chi connectivity index (χ1) is 5.88. The van der Waals surface area contributed by atoms with Crippen molar-refractivity contribution in [2.75, 3.05) is 26.2 Å². The maximum absolute atomic E-state index is 3.46. The van der Waals surface area contributed by atoms with Gasteiger partial charge >= 0.3 is 0 Å². The molecule has 2 heterocycles. The lowest BCUT2D eigenvalue weighted by atomic mass is 9.94. The fourth-order valence-electron chi connectivity index (χ4n) is 2.62. The fourth-order valence-corrected chi connectivity index (χ4v) is 2.62. The SMILES string of the molecule is C[C@@H]1CNCC[C@H]1N1CCCC1.Cl.Cl. The van der Waals surface area contributed by atoms with Crippen molar-refractivity contribution < 1.29 is 0 Å². The number of halogens is 2.